The molecule has 0 aliphatic rings. The molecule has 1 atom stereocenters. The van der Waals surface area contributed by atoms with E-state index in [4.69, 9.17) is 10.0 Å². The fourth-order valence-electron chi connectivity index (χ4n) is 2.24. The molecule has 0 spiro atoms. The fraction of sp³-hybridized carbons (Fsp3) is 0.0625. The molecule has 3 rings (SSSR count). The number of benzene rings is 2. The molecule has 0 aliphatic carbocycles. The zero-order chi connectivity index (χ0) is 15.6. The lowest BCUT2D eigenvalue weighted by atomic mass is 10.1. The van der Waals surface area contributed by atoms with Crippen LogP contribution in [0.5, 0.6) is 0 Å². The van der Waals surface area contributed by atoms with Gasteiger partial charge in [-0.2, -0.15) is 0 Å². The first-order chi connectivity index (χ1) is 10.6. The smallest absolute Gasteiger partial charge is 0.298 e. The molecular weight excluding hydrogens is 363 g/mol. The minimum absolute atomic E-state index is 0.181. The Morgan fingerprint density at radius 3 is 2.45 bits per heavy atom. The van der Waals surface area contributed by atoms with Crippen LogP contribution in [-0.4, -0.2) is 4.98 Å². The minimum atomic E-state index is -3.42. The third-order valence-electron chi connectivity index (χ3n) is 3.36. The Balaban J connectivity index is 1.95. The van der Waals surface area contributed by atoms with Gasteiger partial charge in [-0.25, -0.2) is 0 Å². The Morgan fingerprint density at radius 2 is 1.73 bits per heavy atom. The van der Waals surface area contributed by atoms with Gasteiger partial charge in [0.25, 0.3) is 7.52 Å². The van der Waals surface area contributed by atoms with Gasteiger partial charge in [-0.15, -0.1) is 0 Å². The van der Waals surface area contributed by atoms with Gasteiger partial charge >= 0.3 is 0 Å². The number of fused-ring (bicyclic) bond motifs is 1. The summed E-state index contributed by atoms with van der Waals surface area (Å²) >= 11 is 3.50. The van der Waals surface area contributed by atoms with Crippen LogP contribution in [0.3, 0.4) is 0 Å². The summed E-state index contributed by atoms with van der Waals surface area (Å²) in [5.41, 5.74) is 6.88. The van der Waals surface area contributed by atoms with Crippen LogP contribution in [0.4, 0.5) is 0 Å². The molecule has 0 radical (unpaired) electrons. The molecule has 22 heavy (non-hydrogen) atoms. The third kappa shape index (κ3) is 3.13. The first-order valence-corrected chi connectivity index (χ1v) is 9.16. The maximum atomic E-state index is 12.8. The van der Waals surface area contributed by atoms with Crippen LogP contribution in [0.15, 0.2) is 65.4 Å². The summed E-state index contributed by atoms with van der Waals surface area (Å²) in [5, 5.41) is 2.32. The molecule has 0 aliphatic heterocycles. The van der Waals surface area contributed by atoms with Gasteiger partial charge in [0.2, 0.25) is 0 Å². The molecule has 0 amide bonds. The van der Waals surface area contributed by atoms with Crippen molar-refractivity contribution < 1.29 is 9.09 Å². The fourth-order valence-corrected chi connectivity index (χ4v) is 4.01. The van der Waals surface area contributed by atoms with Crippen molar-refractivity contribution in [1.29, 1.82) is 0 Å². The number of pyridine rings is 1. The highest BCUT2D eigenvalue weighted by Gasteiger charge is 2.23. The van der Waals surface area contributed by atoms with E-state index in [0.717, 1.165) is 20.8 Å². The van der Waals surface area contributed by atoms with Gasteiger partial charge in [-0.05, 0) is 40.6 Å². The van der Waals surface area contributed by atoms with E-state index in [1.807, 2.05) is 30.3 Å². The third-order valence-corrected chi connectivity index (χ3v) is 5.62. The maximum Gasteiger partial charge on any atom is 0.298 e. The topological polar surface area (TPSA) is 65.2 Å². The molecule has 6 heteroatoms. The van der Waals surface area contributed by atoms with Gasteiger partial charge in [0.15, 0.2) is 0 Å². The van der Waals surface area contributed by atoms with Crippen molar-refractivity contribution >= 4 is 39.5 Å². The van der Waals surface area contributed by atoms with Crippen molar-refractivity contribution in [2.45, 2.75) is 6.61 Å². The summed E-state index contributed by atoms with van der Waals surface area (Å²) < 4.78 is 19.3. The molecule has 0 saturated carbocycles. The number of halogens is 1. The standard InChI is InChI=1S/C16H14BrN2O2P/c17-15-5-6-16(14-4-2-1-3-13(14)15)22(18,20)21-11-12-7-9-19-10-8-12/h1-10H,11H2,(H2,18,20). The second-order valence-electron chi connectivity index (χ2n) is 4.84. The first-order valence-electron chi connectivity index (χ1n) is 6.68. The highest BCUT2D eigenvalue weighted by atomic mass is 79.9. The summed E-state index contributed by atoms with van der Waals surface area (Å²) in [5.74, 6) is 0. The monoisotopic (exact) mass is 376 g/mol. The van der Waals surface area contributed by atoms with Gasteiger partial charge in [0.05, 0.1) is 11.9 Å². The van der Waals surface area contributed by atoms with Crippen LogP contribution < -0.4 is 10.8 Å². The zero-order valence-corrected chi connectivity index (χ0v) is 14.1. The molecule has 2 N–H and O–H groups in total. The number of nitrogens with two attached hydrogens (primary N) is 1. The van der Waals surface area contributed by atoms with Crippen molar-refractivity contribution in [1.82, 2.24) is 4.98 Å². The Labute approximate surface area is 137 Å². The molecule has 2 aromatic carbocycles. The number of hydrogen-bond donors (Lipinski definition) is 1. The number of rotatable bonds is 4. The molecule has 1 aromatic heterocycles. The molecule has 1 unspecified atom stereocenters. The van der Waals surface area contributed by atoms with Crippen molar-refractivity contribution in [3.05, 3.63) is 71.0 Å². The molecular formula is C16H14BrN2O2P. The van der Waals surface area contributed by atoms with E-state index in [9.17, 15) is 4.57 Å². The largest absolute Gasteiger partial charge is 0.310 e. The van der Waals surface area contributed by atoms with E-state index in [2.05, 4.69) is 20.9 Å². The highest BCUT2D eigenvalue weighted by molar-refractivity contribution is 9.10. The van der Waals surface area contributed by atoms with E-state index in [1.165, 1.54) is 0 Å². The second-order valence-corrected chi connectivity index (χ2v) is 7.63. The van der Waals surface area contributed by atoms with Crippen LogP contribution in [0.2, 0.25) is 0 Å². The molecule has 3 aromatic rings. The quantitative estimate of drug-likeness (QED) is 0.699. The van der Waals surface area contributed by atoms with Gasteiger partial charge in [0.1, 0.15) is 0 Å². The van der Waals surface area contributed by atoms with E-state index in [0.29, 0.717) is 5.30 Å². The number of nitrogens with zero attached hydrogens (tertiary/aromatic N) is 1. The lowest BCUT2D eigenvalue weighted by Crippen LogP contribution is -2.15. The summed E-state index contributed by atoms with van der Waals surface area (Å²) in [6.45, 7) is 0.181. The SMILES string of the molecule is NP(=O)(OCc1ccncc1)c1ccc(Br)c2ccccc12. The Morgan fingerprint density at radius 1 is 1.05 bits per heavy atom. The van der Waals surface area contributed by atoms with Crippen molar-refractivity contribution in [2.75, 3.05) is 0 Å². The van der Waals surface area contributed by atoms with Gasteiger partial charge in [-0.3, -0.25) is 15.1 Å². The van der Waals surface area contributed by atoms with Crippen molar-refractivity contribution in [3.63, 3.8) is 0 Å². The Bertz CT molecular complexity index is 855. The van der Waals surface area contributed by atoms with E-state index in [1.54, 1.807) is 30.6 Å². The molecule has 0 saturated heterocycles. The summed E-state index contributed by atoms with van der Waals surface area (Å²) in [4.78, 5) is 3.94. The van der Waals surface area contributed by atoms with E-state index < -0.39 is 7.52 Å². The van der Waals surface area contributed by atoms with Crippen molar-refractivity contribution in [2.24, 2.45) is 5.50 Å². The number of hydrogen-bond acceptors (Lipinski definition) is 3. The molecule has 112 valence electrons. The summed E-state index contributed by atoms with van der Waals surface area (Å²) in [7, 11) is -3.42. The number of aromatic nitrogens is 1. The predicted octanol–water partition coefficient (Wildman–Crippen LogP) is 3.99. The molecule has 1 heterocycles. The first kappa shape index (κ1) is 15.4. The summed E-state index contributed by atoms with van der Waals surface area (Å²) in [6.07, 6.45) is 3.32. The van der Waals surface area contributed by atoms with Gasteiger partial charge in [0, 0.05) is 16.9 Å². The molecule has 0 fully saturated rings. The minimum Gasteiger partial charge on any atom is -0.310 e. The lowest BCUT2D eigenvalue weighted by molar-refractivity contribution is 0.310. The highest BCUT2D eigenvalue weighted by Crippen LogP contribution is 2.41. The van der Waals surface area contributed by atoms with Gasteiger partial charge in [-0.1, -0.05) is 40.2 Å². The maximum absolute atomic E-state index is 12.8. The Kier molecular flexibility index (Phi) is 4.41. The van der Waals surface area contributed by atoms with Crippen molar-refractivity contribution in [3.8, 4) is 0 Å². The summed E-state index contributed by atoms with van der Waals surface area (Å²) in [6, 6.07) is 14.9. The predicted molar refractivity (Wildman–Crippen MR) is 92.1 cm³/mol. The van der Waals surface area contributed by atoms with E-state index in [-0.39, 0.29) is 6.61 Å². The normalized spacial score (nSPS) is 13.9. The average Bonchev–Trinajstić information content (AvgIpc) is 2.54. The zero-order valence-electron chi connectivity index (χ0n) is 11.6. The van der Waals surface area contributed by atoms with E-state index >= 15 is 0 Å². The van der Waals surface area contributed by atoms with Crippen LogP contribution in [0.1, 0.15) is 5.56 Å². The molecule has 0 bridgehead atoms. The van der Waals surface area contributed by atoms with Crippen LogP contribution in [0, 0.1) is 0 Å². The Hall–Kier alpha value is -1.52. The van der Waals surface area contributed by atoms with Gasteiger partial charge < -0.3 is 4.52 Å². The van der Waals surface area contributed by atoms with Crippen LogP contribution in [0.25, 0.3) is 10.8 Å². The average molecular weight is 377 g/mol. The van der Waals surface area contributed by atoms with Crippen LogP contribution in [-0.2, 0) is 15.7 Å². The second kappa shape index (κ2) is 6.31. The van der Waals surface area contributed by atoms with Crippen LogP contribution >= 0.6 is 23.4 Å². The molecule has 4 nitrogen and oxygen atoms in total. The lowest BCUT2D eigenvalue weighted by Gasteiger charge is -2.16.